The van der Waals surface area contributed by atoms with Gasteiger partial charge < -0.3 is 15.5 Å². The quantitative estimate of drug-likeness (QED) is 0.323. The first kappa shape index (κ1) is 24.7. The summed E-state index contributed by atoms with van der Waals surface area (Å²) in [5.41, 5.74) is 2.50. The summed E-state index contributed by atoms with van der Waals surface area (Å²) in [4.78, 5) is 18.8. The lowest BCUT2D eigenvalue weighted by Crippen LogP contribution is -2.44. The van der Waals surface area contributed by atoms with Gasteiger partial charge in [-0.3, -0.25) is 4.79 Å². The maximum absolute atomic E-state index is 12.5. The second kappa shape index (κ2) is 11.6. The zero-order valence-electron chi connectivity index (χ0n) is 16.8. The lowest BCUT2D eigenvalue weighted by molar-refractivity contribution is -0.130. The Morgan fingerprint density at radius 3 is 2.61 bits per heavy atom. The summed E-state index contributed by atoms with van der Waals surface area (Å²) in [6, 6.07) is 8.14. The van der Waals surface area contributed by atoms with Crippen molar-refractivity contribution in [3.05, 3.63) is 35.4 Å². The molecule has 0 saturated heterocycles. The van der Waals surface area contributed by atoms with Crippen LogP contribution in [0.25, 0.3) is 0 Å². The van der Waals surface area contributed by atoms with E-state index in [-0.39, 0.29) is 48.2 Å². The second-order valence-electron chi connectivity index (χ2n) is 6.99. The molecule has 0 spiro atoms. The van der Waals surface area contributed by atoms with Crippen LogP contribution in [0.3, 0.4) is 0 Å². The van der Waals surface area contributed by atoms with E-state index >= 15 is 0 Å². The van der Waals surface area contributed by atoms with Crippen molar-refractivity contribution >= 4 is 45.7 Å². The van der Waals surface area contributed by atoms with Gasteiger partial charge in [-0.25, -0.2) is 13.4 Å². The highest BCUT2D eigenvalue weighted by Crippen LogP contribution is 2.18. The number of nitrogens with zero attached hydrogens (tertiary/aromatic N) is 2. The molecule has 1 aliphatic heterocycles. The minimum Gasteiger partial charge on any atom is -0.357 e. The molecule has 28 heavy (non-hydrogen) atoms. The van der Waals surface area contributed by atoms with Crippen LogP contribution in [-0.4, -0.2) is 62.9 Å². The number of hydrogen-bond acceptors (Lipinski definition) is 4. The molecule has 0 saturated carbocycles. The third kappa shape index (κ3) is 8.34. The molecule has 1 unspecified atom stereocenters. The van der Waals surface area contributed by atoms with E-state index in [9.17, 15) is 13.2 Å². The SMILES string of the molecule is CCNC(=NCC(=O)N1CCc2ccccc2C1)NC(C)CCS(C)(=O)=O.I. The molecule has 2 rings (SSSR count). The van der Waals surface area contributed by atoms with E-state index in [1.54, 1.807) is 0 Å². The number of amides is 1. The number of rotatable bonds is 7. The first-order chi connectivity index (χ1) is 12.8. The number of benzene rings is 1. The number of aliphatic imine (C=N–C) groups is 1. The number of fused-ring (bicyclic) bond motifs is 1. The largest absolute Gasteiger partial charge is 0.357 e. The minimum atomic E-state index is -2.99. The number of nitrogens with one attached hydrogen (secondary N) is 2. The molecule has 1 aromatic carbocycles. The van der Waals surface area contributed by atoms with Gasteiger partial charge in [-0.15, -0.1) is 24.0 Å². The summed E-state index contributed by atoms with van der Waals surface area (Å²) in [5, 5.41) is 6.27. The molecular weight excluding hydrogens is 491 g/mol. The van der Waals surface area contributed by atoms with Crippen LogP contribution < -0.4 is 10.6 Å². The summed E-state index contributed by atoms with van der Waals surface area (Å²) in [5.74, 6) is 0.641. The zero-order valence-corrected chi connectivity index (χ0v) is 19.9. The van der Waals surface area contributed by atoms with Crippen LogP contribution in [0.5, 0.6) is 0 Å². The van der Waals surface area contributed by atoms with Gasteiger partial charge in [0.15, 0.2) is 5.96 Å². The molecule has 1 aliphatic rings. The molecular formula is C19H31IN4O3S. The van der Waals surface area contributed by atoms with Gasteiger partial charge in [0.05, 0.1) is 5.75 Å². The monoisotopic (exact) mass is 522 g/mol. The number of guanidine groups is 1. The van der Waals surface area contributed by atoms with Crippen LogP contribution in [0, 0.1) is 0 Å². The number of carbonyl (C=O) groups is 1. The van der Waals surface area contributed by atoms with Crippen LogP contribution in [0.15, 0.2) is 29.3 Å². The van der Waals surface area contributed by atoms with Crippen LogP contribution in [-0.2, 0) is 27.6 Å². The highest BCUT2D eigenvalue weighted by molar-refractivity contribution is 14.0. The maximum atomic E-state index is 12.5. The topological polar surface area (TPSA) is 90.9 Å². The van der Waals surface area contributed by atoms with Gasteiger partial charge in [-0.05, 0) is 37.8 Å². The van der Waals surface area contributed by atoms with Gasteiger partial charge in [-0.1, -0.05) is 24.3 Å². The van der Waals surface area contributed by atoms with Crippen molar-refractivity contribution in [3.8, 4) is 0 Å². The Hall–Kier alpha value is -1.36. The number of halogens is 1. The van der Waals surface area contributed by atoms with Crippen LogP contribution >= 0.6 is 24.0 Å². The molecule has 0 fully saturated rings. The lowest BCUT2D eigenvalue weighted by Gasteiger charge is -2.28. The van der Waals surface area contributed by atoms with E-state index in [1.165, 1.54) is 17.4 Å². The Morgan fingerprint density at radius 1 is 1.29 bits per heavy atom. The van der Waals surface area contributed by atoms with Gasteiger partial charge in [-0.2, -0.15) is 0 Å². The highest BCUT2D eigenvalue weighted by Gasteiger charge is 2.20. The summed E-state index contributed by atoms with van der Waals surface area (Å²) in [6.45, 7) is 5.91. The Morgan fingerprint density at radius 2 is 1.96 bits per heavy atom. The maximum Gasteiger partial charge on any atom is 0.244 e. The molecule has 2 N–H and O–H groups in total. The van der Waals surface area contributed by atoms with Crippen molar-refractivity contribution in [2.24, 2.45) is 4.99 Å². The van der Waals surface area contributed by atoms with Crippen molar-refractivity contribution < 1.29 is 13.2 Å². The Labute approximate surface area is 185 Å². The molecule has 0 aliphatic carbocycles. The van der Waals surface area contributed by atoms with Gasteiger partial charge in [0.2, 0.25) is 5.91 Å². The Kier molecular flexibility index (Phi) is 10.2. The fourth-order valence-electron chi connectivity index (χ4n) is 2.97. The van der Waals surface area contributed by atoms with E-state index < -0.39 is 9.84 Å². The fourth-order valence-corrected chi connectivity index (χ4v) is 3.75. The number of hydrogen-bond donors (Lipinski definition) is 2. The van der Waals surface area contributed by atoms with E-state index in [2.05, 4.69) is 27.8 Å². The predicted octanol–water partition coefficient (Wildman–Crippen LogP) is 1.57. The van der Waals surface area contributed by atoms with E-state index in [0.717, 1.165) is 6.42 Å². The second-order valence-corrected chi connectivity index (χ2v) is 9.25. The van der Waals surface area contributed by atoms with Crippen molar-refractivity contribution in [3.63, 3.8) is 0 Å². The van der Waals surface area contributed by atoms with Gasteiger partial charge in [0.25, 0.3) is 0 Å². The van der Waals surface area contributed by atoms with Gasteiger partial charge in [0.1, 0.15) is 16.4 Å². The van der Waals surface area contributed by atoms with E-state index in [1.807, 2.05) is 30.9 Å². The average molecular weight is 522 g/mol. The normalized spacial score (nSPS) is 15.2. The predicted molar refractivity (Wildman–Crippen MR) is 124 cm³/mol. The molecule has 0 bridgehead atoms. The molecule has 1 amide bonds. The first-order valence-electron chi connectivity index (χ1n) is 9.35. The third-order valence-electron chi connectivity index (χ3n) is 4.50. The smallest absolute Gasteiger partial charge is 0.244 e. The molecule has 0 radical (unpaired) electrons. The minimum absolute atomic E-state index is 0. The third-order valence-corrected chi connectivity index (χ3v) is 5.48. The van der Waals surface area contributed by atoms with Crippen molar-refractivity contribution in [1.29, 1.82) is 0 Å². The first-order valence-corrected chi connectivity index (χ1v) is 11.4. The van der Waals surface area contributed by atoms with Crippen molar-refractivity contribution in [1.82, 2.24) is 15.5 Å². The van der Waals surface area contributed by atoms with Crippen LogP contribution in [0.2, 0.25) is 0 Å². The Bertz CT molecular complexity index is 783. The average Bonchev–Trinajstić information content (AvgIpc) is 2.63. The number of carbonyl (C=O) groups excluding carboxylic acids is 1. The van der Waals surface area contributed by atoms with E-state index in [0.29, 0.717) is 32.0 Å². The summed E-state index contributed by atoms with van der Waals surface area (Å²) in [6.07, 6.45) is 2.58. The number of sulfone groups is 1. The lowest BCUT2D eigenvalue weighted by atomic mass is 10.00. The zero-order chi connectivity index (χ0) is 19.9. The fraction of sp³-hybridized carbons (Fsp3) is 0.579. The Balaban J connectivity index is 0.00000392. The molecule has 0 aromatic heterocycles. The standard InChI is InChI=1S/C19H30N4O3S.HI/c1-4-20-19(22-15(2)10-12-27(3,25)26)21-13-18(24)23-11-9-16-7-5-6-8-17(16)14-23;/h5-8,15H,4,9-14H2,1-3H3,(H2,20,21,22);1H. The molecule has 1 aromatic rings. The molecule has 158 valence electrons. The summed E-state index contributed by atoms with van der Waals surface area (Å²) >= 11 is 0. The van der Waals surface area contributed by atoms with Gasteiger partial charge in [0, 0.05) is 31.9 Å². The van der Waals surface area contributed by atoms with Crippen LogP contribution in [0.1, 0.15) is 31.4 Å². The molecule has 9 heteroatoms. The summed E-state index contributed by atoms with van der Waals surface area (Å²) in [7, 11) is -2.99. The van der Waals surface area contributed by atoms with Crippen LogP contribution in [0.4, 0.5) is 0 Å². The van der Waals surface area contributed by atoms with Gasteiger partial charge >= 0.3 is 0 Å². The highest BCUT2D eigenvalue weighted by atomic mass is 127. The van der Waals surface area contributed by atoms with E-state index in [4.69, 9.17) is 0 Å². The molecule has 1 heterocycles. The summed E-state index contributed by atoms with van der Waals surface area (Å²) < 4.78 is 22.6. The van der Waals surface area contributed by atoms with Crippen molar-refractivity contribution in [2.75, 3.05) is 31.6 Å². The van der Waals surface area contributed by atoms with Crippen molar-refractivity contribution in [2.45, 2.75) is 39.3 Å². The molecule has 1 atom stereocenters. The molecule has 7 nitrogen and oxygen atoms in total.